The van der Waals surface area contributed by atoms with Crippen LogP contribution in [0.25, 0.3) is 5.00 Å². The Bertz CT molecular complexity index is 1480. The fourth-order valence-corrected chi connectivity index (χ4v) is 5.74. The molecule has 4 aromatic rings. The van der Waals surface area contributed by atoms with Gasteiger partial charge in [0.05, 0.1) is 24.9 Å². The third-order valence-electron chi connectivity index (χ3n) is 6.60. The number of aliphatic imine (C=N–C) groups is 1. The number of carbonyl (C=O) groups is 1. The average Bonchev–Trinajstić information content (AvgIpc) is 3.57. The predicted molar refractivity (Wildman–Crippen MR) is 147 cm³/mol. The number of esters is 1. The predicted octanol–water partition coefficient (Wildman–Crippen LogP) is 4.69. The van der Waals surface area contributed by atoms with Crippen LogP contribution in [-0.2, 0) is 20.8 Å². The Morgan fingerprint density at radius 2 is 1.89 bits per heavy atom. The van der Waals surface area contributed by atoms with E-state index in [2.05, 4.69) is 53.5 Å². The number of benzene rings is 1. The zero-order valence-corrected chi connectivity index (χ0v) is 23.0. The Hall–Kier alpha value is -3.83. The van der Waals surface area contributed by atoms with Gasteiger partial charge in [-0.3, -0.25) is 14.4 Å². The first-order valence-corrected chi connectivity index (χ1v) is 13.4. The highest BCUT2D eigenvalue weighted by molar-refractivity contribution is 7.15. The second kappa shape index (κ2) is 10.9. The molecular weight excluding hydrogens is 502 g/mol. The largest absolute Gasteiger partial charge is 0.463 e. The number of rotatable bonds is 9. The minimum Gasteiger partial charge on any atom is -0.463 e. The average molecular weight is 534 g/mol. The number of fused-ring (bicyclic) bond motifs is 3. The molecule has 38 heavy (non-hydrogen) atoms. The van der Waals surface area contributed by atoms with Crippen LogP contribution in [0.15, 0.2) is 41.5 Å². The number of nitrogens with one attached hydrogen (secondary N) is 1. The van der Waals surface area contributed by atoms with Crippen LogP contribution >= 0.6 is 11.3 Å². The third-order valence-corrected chi connectivity index (χ3v) is 7.79. The van der Waals surface area contributed by atoms with Gasteiger partial charge in [-0.1, -0.05) is 12.1 Å². The number of nitrogens with zero attached hydrogens (tertiary/aromatic N) is 6. The van der Waals surface area contributed by atoms with E-state index in [4.69, 9.17) is 14.5 Å². The van der Waals surface area contributed by atoms with Gasteiger partial charge in [-0.15, -0.1) is 21.5 Å². The maximum absolute atomic E-state index is 12.7. The van der Waals surface area contributed by atoms with Crippen LogP contribution in [0, 0.1) is 20.8 Å². The summed E-state index contributed by atoms with van der Waals surface area (Å²) in [6, 6.07) is 9.57. The monoisotopic (exact) mass is 533 g/mol. The van der Waals surface area contributed by atoms with Crippen molar-refractivity contribution in [3.8, 4) is 5.00 Å². The molecule has 11 heteroatoms. The molecule has 0 spiro atoms. The van der Waals surface area contributed by atoms with Gasteiger partial charge >= 0.3 is 5.97 Å². The van der Waals surface area contributed by atoms with Crippen molar-refractivity contribution in [1.82, 2.24) is 24.5 Å². The lowest BCUT2D eigenvalue weighted by Gasteiger charge is -2.13. The summed E-state index contributed by atoms with van der Waals surface area (Å²) in [4.78, 5) is 19.1. The SMILES string of the molecule is CCn1nccc1Nc1ccc(C2=N[C@@H](CC(=O)OCCOC)c3nnc(C)n3-c3sc(C)c(C)c32)cc1. The van der Waals surface area contributed by atoms with E-state index in [-0.39, 0.29) is 19.0 Å². The molecule has 198 valence electrons. The van der Waals surface area contributed by atoms with Crippen LogP contribution < -0.4 is 5.32 Å². The Balaban J connectivity index is 1.55. The number of thiophene rings is 1. The molecule has 1 aliphatic heterocycles. The molecule has 4 heterocycles. The molecule has 0 radical (unpaired) electrons. The van der Waals surface area contributed by atoms with Gasteiger partial charge in [-0.05, 0) is 45.4 Å². The molecule has 0 aliphatic carbocycles. The van der Waals surface area contributed by atoms with Crippen molar-refractivity contribution < 1.29 is 14.3 Å². The number of aromatic nitrogens is 5. The Kier molecular flexibility index (Phi) is 7.39. The molecule has 1 aliphatic rings. The van der Waals surface area contributed by atoms with Gasteiger partial charge in [0.15, 0.2) is 5.82 Å². The maximum Gasteiger partial charge on any atom is 0.308 e. The molecule has 1 atom stereocenters. The van der Waals surface area contributed by atoms with Crippen LogP contribution in [0.1, 0.15) is 52.6 Å². The van der Waals surface area contributed by atoms with Crippen LogP contribution in [0.2, 0.25) is 0 Å². The van der Waals surface area contributed by atoms with Crippen molar-refractivity contribution in [2.45, 2.75) is 46.7 Å². The fraction of sp³-hybridized carbons (Fsp3) is 0.370. The molecule has 0 unspecified atom stereocenters. The molecular formula is C27H31N7O3S. The number of aryl methyl sites for hydroxylation is 3. The minimum absolute atomic E-state index is 0.0545. The molecule has 0 saturated carbocycles. The van der Waals surface area contributed by atoms with E-state index in [1.807, 2.05) is 34.4 Å². The molecule has 10 nitrogen and oxygen atoms in total. The standard InChI is InChI=1S/C27H31N7O3S/c1-6-33-22(11-12-28-33)29-20-9-7-19(8-10-20)25-24-16(2)17(3)38-27(24)34-18(4)31-32-26(34)21(30-25)15-23(35)37-14-13-36-5/h7-12,21,29H,6,13-15H2,1-5H3/t21-/m0/s1. The molecule has 0 bridgehead atoms. The summed E-state index contributed by atoms with van der Waals surface area (Å²) in [6.45, 7) is 9.52. The van der Waals surface area contributed by atoms with Crippen LogP contribution in [0.5, 0.6) is 0 Å². The second-order valence-electron chi connectivity index (χ2n) is 9.05. The highest BCUT2D eigenvalue weighted by Crippen LogP contribution is 2.39. The van der Waals surface area contributed by atoms with Crippen molar-refractivity contribution in [3.63, 3.8) is 0 Å². The fourth-order valence-electron chi connectivity index (χ4n) is 4.53. The quantitative estimate of drug-likeness (QED) is 0.246. The summed E-state index contributed by atoms with van der Waals surface area (Å²) < 4.78 is 14.3. The Labute approximate surface area is 225 Å². The highest BCUT2D eigenvalue weighted by Gasteiger charge is 2.32. The summed E-state index contributed by atoms with van der Waals surface area (Å²) in [6.07, 6.45) is 1.84. The lowest BCUT2D eigenvalue weighted by atomic mass is 9.99. The van der Waals surface area contributed by atoms with E-state index >= 15 is 0 Å². The minimum atomic E-state index is -0.544. The molecule has 5 rings (SSSR count). The smallest absolute Gasteiger partial charge is 0.308 e. The number of hydrogen-bond donors (Lipinski definition) is 1. The summed E-state index contributed by atoms with van der Waals surface area (Å²) in [5, 5.41) is 17.5. The molecule has 0 amide bonds. The van der Waals surface area contributed by atoms with Crippen LogP contribution in [0.3, 0.4) is 0 Å². The lowest BCUT2D eigenvalue weighted by Crippen LogP contribution is -2.15. The normalized spacial score (nSPS) is 14.4. The number of hydrogen-bond acceptors (Lipinski definition) is 9. The molecule has 3 aromatic heterocycles. The van der Waals surface area contributed by atoms with Crippen molar-refractivity contribution in [1.29, 1.82) is 0 Å². The van der Waals surface area contributed by atoms with E-state index in [0.29, 0.717) is 12.4 Å². The summed E-state index contributed by atoms with van der Waals surface area (Å²) in [7, 11) is 1.57. The van der Waals surface area contributed by atoms with Gasteiger partial charge in [-0.2, -0.15) is 5.10 Å². The first kappa shape index (κ1) is 25.8. The Morgan fingerprint density at radius 3 is 2.63 bits per heavy atom. The van der Waals surface area contributed by atoms with Crippen molar-refractivity contribution in [2.24, 2.45) is 4.99 Å². The first-order chi connectivity index (χ1) is 18.4. The van der Waals surface area contributed by atoms with Gasteiger partial charge < -0.3 is 14.8 Å². The van der Waals surface area contributed by atoms with Gasteiger partial charge in [-0.25, -0.2) is 4.68 Å². The van der Waals surface area contributed by atoms with E-state index in [9.17, 15) is 4.79 Å². The number of anilines is 2. The highest BCUT2D eigenvalue weighted by atomic mass is 32.1. The van der Waals surface area contributed by atoms with E-state index in [1.165, 1.54) is 4.88 Å². The number of carbonyl (C=O) groups excluding carboxylic acids is 1. The summed E-state index contributed by atoms with van der Waals surface area (Å²) in [5.74, 6) is 1.96. The molecule has 0 fully saturated rings. The van der Waals surface area contributed by atoms with Gasteiger partial charge in [0.25, 0.3) is 0 Å². The van der Waals surface area contributed by atoms with Crippen molar-refractivity contribution >= 4 is 34.5 Å². The van der Waals surface area contributed by atoms with Gasteiger partial charge in [0.2, 0.25) is 0 Å². The Morgan fingerprint density at radius 1 is 1.11 bits per heavy atom. The first-order valence-electron chi connectivity index (χ1n) is 12.6. The summed E-state index contributed by atoms with van der Waals surface area (Å²) >= 11 is 1.69. The van der Waals surface area contributed by atoms with Crippen molar-refractivity contribution in [3.05, 3.63) is 69.7 Å². The van der Waals surface area contributed by atoms with E-state index < -0.39 is 6.04 Å². The number of methoxy groups -OCH3 is 1. The zero-order valence-electron chi connectivity index (χ0n) is 22.2. The second-order valence-corrected chi connectivity index (χ2v) is 10.3. The molecule has 1 aromatic carbocycles. The lowest BCUT2D eigenvalue weighted by molar-refractivity contribution is -0.145. The molecule has 1 N–H and O–H groups in total. The number of ether oxygens (including phenoxy) is 2. The van der Waals surface area contributed by atoms with Crippen molar-refractivity contribution in [2.75, 3.05) is 25.6 Å². The summed E-state index contributed by atoms with van der Waals surface area (Å²) in [5.41, 5.74) is 4.92. The third kappa shape index (κ3) is 4.86. The maximum atomic E-state index is 12.7. The van der Waals surface area contributed by atoms with Gasteiger partial charge in [0, 0.05) is 41.4 Å². The topological polar surface area (TPSA) is 108 Å². The van der Waals surface area contributed by atoms with Crippen LogP contribution in [0.4, 0.5) is 11.5 Å². The van der Waals surface area contributed by atoms with E-state index in [1.54, 1.807) is 24.6 Å². The zero-order chi connectivity index (χ0) is 26.8. The van der Waals surface area contributed by atoms with Gasteiger partial charge in [0.1, 0.15) is 29.3 Å². The van der Waals surface area contributed by atoms with E-state index in [0.717, 1.165) is 51.3 Å². The van der Waals surface area contributed by atoms with Crippen LogP contribution in [-0.4, -0.2) is 56.5 Å². The molecule has 0 saturated heterocycles.